The van der Waals surface area contributed by atoms with Crippen LogP contribution in [-0.4, -0.2) is 31.0 Å². The fraction of sp³-hybridized carbons (Fsp3) is 0.200. The number of unbranched alkanes of at least 4 members (excludes halogenated alkanes) is 1. The maximum Gasteiger partial charge on any atom is 0.338 e. The number of halogens is 1. The van der Waals surface area contributed by atoms with Gasteiger partial charge in [0.1, 0.15) is 11.3 Å². The van der Waals surface area contributed by atoms with Gasteiger partial charge in [-0.1, -0.05) is 37.1 Å². The molecule has 10 heteroatoms. The van der Waals surface area contributed by atoms with E-state index in [1.165, 1.54) is 11.0 Å². The van der Waals surface area contributed by atoms with Crippen molar-refractivity contribution in [2.24, 2.45) is 5.73 Å². The Morgan fingerprint density at radius 2 is 1.75 bits per heavy atom. The molecule has 2 heterocycles. The maximum atomic E-state index is 13.8. The molecule has 2 amide bonds. The standard InChI is InChI=1S/C30H25ClN2O7/c1-2-3-14-38-30(37)18-4-9-20(10-5-18)33-26(17-6-11-21(12-7-17)39-16-24(32)34)25-27(35)22-15-19(31)8-13-23(22)40-28(25)29(33)36/h4-13,15,26H,2-3,14,16H2,1H3,(H2,32,34). The second kappa shape index (κ2) is 11.2. The summed E-state index contributed by atoms with van der Waals surface area (Å²) < 4.78 is 16.6. The first kappa shape index (κ1) is 27.0. The third-order valence-electron chi connectivity index (χ3n) is 6.52. The highest BCUT2D eigenvalue weighted by molar-refractivity contribution is 6.31. The minimum Gasteiger partial charge on any atom is -0.484 e. The van der Waals surface area contributed by atoms with E-state index >= 15 is 0 Å². The zero-order valence-electron chi connectivity index (χ0n) is 21.5. The number of anilines is 1. The molecule has 0 spiro atoms. The molecule has 0 fully saturated rings. The van der Waals surface area contributed by atoms with Crippen LogP contribution in [0.25, 0.3) is 11.0 Å². The van der Waals surface area contributed by atoms with Gasteiger partial charge in [-0.05, 0) is 66.6 Å². The van der Waals surface area contributed by atoms with Crippen molar-refractivity contribution in [1.29, 1.82) is 0 Å². The Hall–Kier alpha value is -4.63. The van der Waals surface area contributed by atoms with Crippen molar-refractivity contribution in [3.05, 3.63) is 104 Å². The molecule has 0 saturated carbocycles. The first-order valence-corrected chi connectivity index (χ1v) is 13.0. The quantitative estimate of drug-likeness (QED) is 0.225. The molecule has 0 aliphatic carbocycles. The van der Waals surface area contributed by atoms with Crippen LogP contribution in [0.15, 0.2) is 75.9 Å². The first-order chi connectivity index (χ1) is 19.3. The topological polar surface area (TPSA) is 129 Å². The summed E-state index contributed by atoms with van der Waals surface area (Å²) in [6, 6.07) is 16.8. The molecule has 1 unspecified atom stereocenters. The third-order valence-corrected chi connectivity index (χ3v) is 6.76. The molecule has 4 aromatic rings. The number of amides is 2. The summed E-state index contributed by atoms with van der Waals surface area (Å²) >= 11 is 6.16. The van der Waals surface area contributed by atoms with E-state index in [4.69, 9.17) is 31.2 Å². The molecule has 0 radical (unpaired) electrons. The van der Waals surface area contributed by atoms with Crippen LogP contribution in [0, 0.1) is 0 Å². The molecule has 2 N–H and O–H groups in total. The Morgan fingerprint density at radius 3 is 2.42 bits per heavy atom. The van der Waals surface area contributed by atoms with Crippen molar-refractivity contribution >= 4 is 46.0 Å². The smallest absolute Gasteiger partial charge is 0.338 e. The molecule has 3 aromatic carbocycles. The lowest BCUT2D eigenvalue weighted by molar-refractivity contribution is -0.119. The van der Waals surface area contributed by atoms with Crippen LogP contribution in [-0.2, 0) is 9.53 Å². The number of carbonyl (C=O) groups is 3. The fourth-order valence-corrected chi connectivity index (χ4v) is 4.75. The van der Waals surface area contributed by atoms with Gasteiger partial charge in [0.25, 0.3) is 11.8 Å². The van der Waals surface area contributed by atoms with Crippen LogP contribution in [0.2, 0.25) is 5.02 Å². The molecule has 1 atom stereocenters. The SMILES string of the molecule is CCCCOC(=O)c1ccc(N2C(=O)c3oc4ccc(Cl)cc4c(=O)c3C2c2ccc(OCC(N)=O)cc2)cc1. The fourth-order valence-electron chi connectivity index (χ4n) is 4.58. The second-order valence-electron chi connectivity index (χ2n) is 9.25. The summed E-state index contributed by atoms with van der Waals surface area (Å²) in [4.78, 5) is 52.5. The van der Waals surface area contributed by atoms with Crippen LogP contribution in [0.5, 0.6) is 5.75 Å². The van der Waals surface area contributed by atoms with Gasteiger partial charge in [-0.15, -0.1) is 0 Å². The highest BCUT2D eigenvalue weighted by atomic mass is 35.5. The molecule has 5 rings (SSSR count). The Morgan fingerprint density at radius 1 is 1.02 bits per heavy atom. The molecule has 1 aliphatic heterocycles. The summed E-state index contributed by atoms with van der Waals surface area (Å²) in [7, 11) is 0. The zero-order chi connectivity index (χ0) is 28.4. The van der Waals surface area contributed by atoms with Crippen molar-refractivity contribution in [2.45, 2.75) is 25.8 Å². The number of nitrogens with two attached hydrogens (primary N) is 1. The van der Waals surface area contributed by atoms with E-state index in [9.17, 15) is 19.2 Å². The number of hydrogen-bond acceptors (Lipinski definition) is 7. The summed E-state index contributed by atoms with van der Waals surface area (Å²) in [6.45, 7) is 2.03. The molecule has 204 valence electrons. The minimum absolute atomic E-state index is 0.0815. The third kappa shape index (κ3) is 5.15. The Balaban J connectivity index is 1.58. The Bertz CT molecular complexity index is 1660. The van der Waals surface area contributed by atoms with Gasteiger partial charge in [0, 0.05) is 10.7 Å². The van der Waals surface area contributed by atoms with Crippen molar-refractivity contribution in [3.63, 3.8) is 0 Å². The van der Waals surface area contributed by atoms with E-state index in [1.54, 1.807) is 60.7 Å². The molecule has 9 nitrogen and oxygen atoms in total. The zero-order valence-corrected chi connectivity index (χ0v) is 22.3. The number of carbonyl (C=O) groups excluding carboxylic acids is 3. The Labute approximate surface area is 234 Å². The molecular weight excluding hydrogens is 536 g/mol. The molecule has 1 aromatic heterocycles. The van der Waals surface area contributed by atoms with Gasteiger partial charge in [0.05, 0.1) is 29.2 Å². The second-order valence-corrected chi connectivity index (χ2v) is 9.69. The number of ether oxygens (including phenoxy) is 2. The van der Waals surface area contributed by atoms with Crippen LogP contribution in [0.1, 0.15) is 57.8 Å². The molecule has 0 bridgehead atoms. The lowest BCUT2D eigenvalue weighted by Gasteiger charge is -2.25. The van der Waals surface area contributed by atoms with Crippen molar-refractivity contribution in [2.75, 3.05) is 18.1 Å². The van der Waals surface area contributed by atoms with Crippen LogP contribution >= 0.6 is 11.6 Å². The van der Waals surface area contributed by atoms with E-state index in [-0.39, 0.29) is 34.3 Å². The number of benzene rings is 3. The van der Waals surface area contributed by atoms with Gasteiger partial charge in [0.2, 0.25) is 5.76 Å². The predicted octanol–water partition coefficient (Wildman–Crippen LogP) is 5.02. The first-order valence-electron chi connectivity index (χ1n) is 12.7. The van der Waals surface area contributed by atoms with Gasteiger partial charge < -0.3 is 19.6 Å². The maximum absolute atomic E-state index is 13.8. The van der Waals surface area contributed by atoms with Gasteiger partial charge in [0.15, 0.2) is 12.0 Å². The number of esters is 1. The van der Waals surface area contributed by atoms with E-state index in [0.29, 0.717) is 34.2 Å². The van der Waals surface area contributed by atoms with Gasteiger partial charge in [-0.2, -0.15) is 0 Å². The van der Waals surface area contributed by atoms with Crippen molar-refractivity contribution < 1.29 is 28.3 Å². The number of hydrogen-bond donors (Lipinski definition) is 1. The Kier molecular flexibility index (Phi) is 7.57. The summed E-state index contributed by atoms with van der Waals surface area (Å²) in [6.07, 6.45) is 1.66. The van der Waals surface area contributed by atoms with Gasteiger partial charge in [-0.3, -0.25) is 19.3 Å². The summed E-state index contributed by atoms with van der Waals surface area (Å²) in [5, 5.41) is 0.604. The van der Waals surface area contributed by atoms with E-state index in [1.807, 2.05) is 6.92 Å². The number of fused-ring (bicyclic) bond motifs is 2. The average molecular weight is 561 g/mol. The number of primary amides is 1. The predicted molar refractivity (Wildman–Crippen MR) is 149 cm³/mol. The summed E-state index contributed by atoms with van der Waals surface area (Å²) in [5.74, 6) is -1.28. The number of rotatable bonds is 9. The van der Waals surface area contributed by atoms with Crippen molar-refractivity contribution in [1.82, 2.24) is 0 Å². The van der Waals surface area contributed by atoms with Crippen molar-refractivity contribution in [3.8, 4) is 5.75 Å². The highest BCUT2D eigenvalue weighted by Crippen LogP contribution is 2.41. The lowest BCUT2D eigenvalue weighted by atomic mass is 9.98. The van der Waals surface area contributed by atoms with Gasteiger partial charge in [-0.25, -0.2) is 4.79 Å². The minimum atomic E-state index is -0.852. The molecule has 1 aliphatic rings. The lowest BCUT2D eigenvalue weighted by Crippen LogP contribution is -2.29. The molecule has 0 saturated heterocycles. The van der Waals surface area contributed by atoms with Crippen LogP contribution in [0.4, 0.5) is 5.69 Å². The van der Waals surface area contributed by atoms with Crippen LogP contribution < -0.4 is 20.8 Å². The normalized spacial score (nSPS) is 14.3. The average Bonchev–Trinajstić information content (AvgIpc) is 3.25. The monoisotopic (exact) mass is 560 g/mol. The van der Waals surface area contributed by atoms with E-state index < -0.39 is 23.8 Å². The molecular formula is C30H25ClN2O7. The van der Waals surface area contributed by atoms with E-state index in [2.05, 4.69) is 0 Å². The van der Waals surface area contributed by atoms with Gasteiger partial charge >= 0.3 is 5.97 Å². The highest BCUT2D eigenvalue weighted by Gasteiger charge is 2.43. The molecule has 40 heavy (non-hydrogen) atoms. The van der Waals surface area contributed by atoms with E-state index in [0.717, 1.165) is 12.8 Å². The largest absolute Gasteiger partial charge is 0.484 e. The summed E-state index contributed by atoms with van der Waals surface area (Å²) in [5.41, 5.74) is 6.55. The number of nitrogens with zero attached hydrogens (tertiary/aromatic N) is 1. The van der Waals surface area contributed by atoms with Crippen LogP contribution in [0.3, 0.4) is 0 Å².